The number of amides is 1. The molecule has 1 aromatic carbocycles. The van der Waals surface area contributed by atoms with E-state index in [9.17, 15) is 4.79 Å². The number of carbonyl (C=O) groups excluding carboxylic acids is 1. The quantitative estimate of drug-likeness (QED) is 0.793. The first-order valence-electron chi connectivity index (χ1n) is 8.47. The van der Waals surface area contributed by atoms with Crippen LogP contribution in [-0.2, 0) is 5.41 Å². The van der Waals surface area contributed by atoms with Crippen LogP contribution in [0.4, 0.5) is 0 Å². The van der Waals surface area contributed by atoms with Crippen molar-refractivity contribution in [3.8, 4) is 0 Å². The molecule has 0 aliphatic rings. The SMILES string of the molecule is CCC(NC(=O)c1nc2ncccn2n1)c1ccc(C(C)(C)C)cc1. The van der Waals surface area contributed by atoms with E-state index in [4.69, 9.17) is 0 Å². The zero-order valence-electron chi connectivity index (χ0n) is 15.0. The van der Waals surface area contributed by atoms with Crippen molar-refractivity contribution in [1.82, 2.24) is 24.9 Å². The molecule has 0 saturated carbocycles. The number of hydrogen-bond donors (Lipinski definition) is 1. The number of fused-ring (bicyclic) bond motifs is 1. The highest BCUT2D eigenvalue weighted by molar-refractivity contribution is 5.91. The van der Waals surface area contributed by atoms with E-state index in [1.54, 1.807) is 18.5 Å². The van der Waals surface area contributed by atoms with Crippen LogP contribution in [0.3, 0.4) is 0 Å². The van der Waals surface area contributed by atoms with Crippen molar-refractivity contribution in [3.05, 3.63) is 59.7 Å². The number of hydrogen-bond acceptors (Lipinski definition) is 4. The molecule has 1 amide bonds. The monoisotopic (exact) mass is 337 g/mol. The Labute approximate surface area is 147 Å². The molecule has 0 saturated heterocycles. The normalized spacial score (nSPS) is 13.0. The molecule has 130 valence electrons. The predicted octanol–water partition coefficient (Wildman–Crippen LogP) is 3.30. The Morgan fingerprint density at radius 3 is 2.56 bits per heavy atom. The Morgan fingerprint density at radius 2 is 1.96 bits per heavy atom. The average Bonchev–Trinajstić information content (AvgIpc) is 3.03. The van der Waals surface area contributed by atoms with Crippen LogP contribution in [0.5, 0.6) is 0 Å². The minimum Gasteiger partial charge on any atom is -0.342 e. The molecular formula is C19H23N5O. The molecule has 6 nitrogen and oxygen atoms in total. The first kappa shape index (κ1) is 17.1. The third kappa shape index (κ3) is 3.68. The van der Waals surface area contributed by atoms with Crippen LogP contribution in [0.2, 0.25) is 0 Å². The zero-order chi connectivity index (χ0) is 18.0. The van der Waals surface area contributed by atoms with Gasteiger partial charge in [0.05, 0.1) is 6.04 Å². The van der Waals surface area contributed by atoms with Gasteiger partial charge in [-0.15, -0.1) is 5.10 Å². The van der Waals surface area contributed by atoms with Crippen LogP contribution in [0.1, 0.15) is 61.9 Å². The van der Waals surface area contributed by atoms with Gasteiger partial charge in [0, 0.05) is 12.4 Å². The van der Waals surface area contributed by atoms with Crippen molar-refractivity contribution < 1.29 is 4.79 Å². The summed E-state index contributed by atoms with van der Waals surface area (Å²) in [5, 5.41) is 7.18. The molecule has 1 atom stereocenters. The van der Waals surface area contributed by atoms with Crippen molar-refractivity contribution in [1.29, 1.82) is 0 Å². The summed E-state index contributed by atoms with van der Waals surface area (Å²) in [6, 6.07) is 10.1. The third-order valence-corrected chi connectivity index (χ3v) is 4.21. The van der Waals surface area contributed by atoms with Gasteiger partial charge in [-0.25, -0.2) is 9.50 Å². The number of rotatable bonds is 4. The Balaban J connectivity index is 1.78. The van der Waals surface area contributed by atoms with Crippen LogP contribution in [-0.4, -0.2) is 25.5 Å². The molecule has 0 fully saturated rings. The lowest BCUT2D eigenvalue weighted by Gasteiger charge is -2.21. The van der Waals surface area contributed by atoms with E-state index in [0.29, 0.717) is 5.78 Å². The molecule has 2 aromatic heterocycles. The number of aromatic nitrogens is 4. The fraction of sp³-hybridized carbons (Fsp3) is 0.368. The second-order valence-electron chi connectivity index (χ2n) is 7.11. The summed E-state index contributed by atoms with van der Waals surface area (Å²) in [5.41, 5.74) is 2.45. The molecule has 0 bridgehead atoms. The van der Waals surface area contributed by atoms with Gasteiger partial charge < -0.3 is 5.32 Å². The third-order valence-electron chi connectivity index (χ3n) is 4.21. The van der Waals surface area contributed by atoms with Gasteiger partial charge in [-0.05, 0) is 29.0 Å². The lowest BCUT2D eigenvalue weighted by Crippen LogP contribution is -2.29. The van der Waals surface area contributed by atoms with Crippen molar-refractivity contribution in [2.24, 2.45) is 0 Å². The Hall–Kier alpha value is -2.76. The average molecular weight is 337 g/mol. The van der Waals surface area contributed by atoms with E-state index < -0.39 is 0 Å². The summed E-state index contributed by atoms with van der Waals surface area (Å²) in [6.07, 6.45) is 4.12. The maximum Gasteiger partial charge on any atom is 0.291 e. The minimum atomic E-state index is -0.294. The second-order valence-corrected chi connectivity index (χ2v) is 7.11. The number of nitrogens with zero attached hydrogens (tertiary/aromatic N) is 4. The number of benzene rings is 1. The second kappa shape index (κ2) is 6.63. The summed E-state index contributed by atoms with van der Waals surface area (Å²) in [5.74, 6) is 0.246. The molecule has 6 heteroatoms. The molecule has 1 unspecified atom stereocenters. The van der Waals surface area contributed by atoms with Crippen LogP contribution in [0.15, 0.2) is 42.7 Å². The summed E-state index contributed by atoms with van der Waals surface area (Å²) >= 11 is 0. The lowest BCUT2D eigenvalue weighted by molar-refractivity contribution is 0.0925. The molecule has 3 rings (SSSR count). The first-order chi connectivity index (χ1) is 11.9. The summed E-state index contributed by atoms with van der Waals surface area (Å²) in [7, 11) is 0. The van der Waals surface area contributed by atoms with E-state index in [2.05, 4.69) is 65.4 Å². The molecule has 2 heterocycles. The number of carbonyl (C=O) groups is 1. The Kier molecular flexibility index (Phi) is 4.53. The van der Waals surface area contributed by atoms with Crippen molar-refractivity contribution in [2.45, 2.75) is 45.6 Å². The fourth-order valence-electron chi connectivity index (χ4n) is 2.69. The largest absolute Gasteiger partial charge is 0.342 e. The van der Waals surface area contributed by atoms with E-state index in [0.717, 1.165) is 12.0 Å². The number of nitrogens with one attached hydrogen (secondary N) is 1. The summed E-state index contributed by atoms with van der Waals surface area (Å²) in [6.45, 7) is 8.60. The molecule has 3 aromatic rings. The van der Waals surface area contributed by atoms with E-state index in [1.807, 2.05) is 6.92 Å². The highest BCUT2D eigenvalue weighted by Gasteiger charge is 2.19. The van der Waals surface area contributed by atoms with Crippen molar-refractivity contribution >= 4 is 11.7 Å². The van der Waals surface area contributed by atoms with E-state index in [-0.39, 0.29) is 23.2 Å². The molecule has 1 N–H and O–H groups in total. The molecule has 25 heavy (non-hydrogen) atoms. The van der Waals surface area contributed by atoms with Gasteiger partial charge in [0.2, 0.25) is 5.82 Å². The molecular weight excluding hydrogens is 314 g/mol. The van der Waals surface area contributed by atoms with E-state index in [1.165, 1.54) is 10.1 Å². The minimum absolute atomic E-state index is 0.0823. The fourth-order valence-corrected chi connectivity index (χ4v) is 2.69. The van der Waals surface area contributed by atoms with E-state index >= 15 is 0 Å². The Morgan fingerprint density at radius 1 is 1.24 bits per heavy atom. The maximum absolute atomic E-state index is 12.5. The van der Waals surface area contributed by atoms with Gasteiger partial charge >= 0.3 is 0 Å². The van der Waals surface area contributed by atoms with Gasteiger partial charge in [-0.3, -0.25) is 4.79 Å². The Bertz CT molecular complexity index is 844. The van der Waals surface area contributed by atoms with Gasteiger partial charge in [0.25, 0.3) is 11.7 Å². The highest BCUT2D eigenvalue weighted by atomic mass is 16.2. The molecule has 0 spiro atoms. The standard InChI is InChI=1S/C19H23N5O/c1-5-15(13-7-9-14(10-8-13)19(2,3)4)21-17(25)16-22-18-20-11-6-12-24(18)23-16/h6-12,15H,5H2,1-4H3,(H,21,25). The maximum atomic E-state index is 12.5. The first-order valence-corrected chi connectivity index (χ1v) is 8.47. The zero-order valence-corrected chi connectivity index (χ0v) is 15.0. The topological polar surface area (TPSA) is 72.2 Å². The van der Waals surface area contributed by atoms with Crippen molar-refractivity contribution in [3.63, 3.8) is 0 Å². The molecule has 0 aliphatic heterocycles. The van der Waals surface area contributed by atoms with Crippen LogP contribution in [0, 0.1) is 0 Å². The smallest absolute Gasteiger partial charge is 0.291 e. The summed E-state index contributed by atoms with van der Waals surface area (Å²) < 4.78 is 1.49. The van der Waals surface area contributed by atoms with Crippen LogP contribution < -0.4 is 5.32 Å². The van der Waals surface area contributed by atoms with Gasteiger partial charge in [0.15, 0.2) is 0 Å². The molecule has 0 radical (unpaired) electrons. The van der Waals surface area contributed by atoms with Crippen LogP contribution >= 0.6 is 0 Å². The predicted molar refractivity (Wildman–Crippen MR) is 96.4 cm³/mol. The summed E-state index contributed by atoms with van der Waals surface area (Å²) in [4.78, 5) is 20.8. The van der Waals surface area contributed by atoms with Gasteiger partial charge in [0.1, 0.15) is 0 Å². The van der Waals surface area contributed by atoms with Crippen LogP contribution in [0.25, 0.3) is 5.78 Å². The van der Waals surface area contributed by atoms with Crippen molar-refractivity contribution in [2.75, 3.05) is 0 Å². The van der Waals surface area contributed by atoms with Gasteiger partial charge in [-0.1, -0.05) is 52.0 Å². The van der Waals surface area contributed by atoms with Gasteiger partial charge in [-0.2, -0.15) is 4.98 Å². The molecule has 0 aliphatic carbocycles. The lowest BCUT2D eigenvalue weighted by atomic mass is 9.86. The highest BCUT2D eigenvalue weighted by Crippen LogP contribution is 2.25.